The van der Waals surface area contributed by atoms with Gasteiger partial charge in [-0.15, -0.1) is 0 Å². The second kappa shape index (κ2) is 7.53. The van der Waals surface area contributed by atoms with Crippen LogP contribution in [0.4, 0.5) is 5.69 Å². The van der Waals surface area contributed by atoms with Crippen LogP contribution in [-0.4, -0.2) is 56.5 Å². The van der Waals surface area contributed by atoms with Gasteiger partial charge in [0.1, 0.15) is 0 Å². The Morgan fingerprint density at radius 2 is 2.00 bits per heavy atom. The van der Waals surface area contributed by atoms with Gasteiger partial charge in [-0.25, -0.2) is 8.42 Å². The maximum absolute atomic E-state index is 12.1. The minimum atomic E-state index is -3.33. The van der Waals surface area contributed by atoms with Crippen LogP contribution in [0.5, 0.6) is 0 Å². The van der Waals surface area contributed by atoms with Gasteiger partial charge in [-0.2, -0.15) is 4.31 Å². The summed E-state index contributed by atoms with van der Waals surface area (Å²) in [5.41, 5.74) is 5.98. The molecular formula is C14H20N4O4S. The monoisotopic (exact) mass is 340 g/mol. The van der Waals surface area contributed by atoms with Crippen LogP contribution in [0.1, 0.15) is 16.8 Å². The summed E-state index contributed by atoms with van der Waals surface area (Å²) in [6, 6.07) is 6.53. The van der Waals surface area contributed by atoms with Gasteiger partial charge in [0, 0.05) is 19.6 Å². The molecule has 0 unspecified atom stereocenters. The van der Waals surface area contributed by atoms with Gasteiger partial charge in [0.25, 0.3) is 5.91 Å². The number of carbonyl (C=O) groups is 2. The number of hydrogen-bond donors (Lipinski definition) is 3. The molecule has 126 valence electrons. The molecule has 1 aromatic carbocycles. The highest BCUT2D eigenvalue weighted by molar-refractivity contribution is 7.89. The Hall–Kier alpha value is -1.97. The van der Waals surface area contributed by atoms with E-state index >= 15 is 0 Å². The fourth-order valence-electron chi connectivity index (χ4n) is 2.29. The van der Waals surface area contributed by atoms with Crippen LogP contribution in [0.3, 0.4) is 0 Å². The Morgan fingerprint density at radius 1 is 1.26 bits per heavy atom. The molecule has 1 heterocycles. The molecule has 2 amide bonds. The molecule has 1 aliphatic rings. The topological polar surface area (TPSA) is 122 Å². The molecule has 4 N–H and O–H groups in total. The van der Waals surface area contributed by atoms with Crippen LogP contribution in [0.25, 0.3) is 0 Å². The van der Waals surface area contributed by atoms with E-state index in [1.165, 1.54) is 0 Å². The van der Waals surface area contributed by atoms with E-state index in [1.807, 2.05) is 0 Å². The fourth-order valence-corrected chi connectivity index (χ4v) is 3.76. The molecule has 0 spiro atoms. The Kier molecular flexibility index (Phi) is 5.69. The number of anilines is 1. The van der Waals surface area contributed by atoms with E-state index in [4.69, 9.17) is 5.73 Å². The van der Waals surface area contributed by atoms with E-state index in [1.54, 1.807) is 24.3 Å². The summed E-state index contributed by atoms with van der Waals surface area (Å²) in [5.74, 6) is -0.757. The largest absolute Gasteiger partial charge is 0.351 e. The van der Waals surface area contributed by atoms with Crippen molar-refractivity contribution in [1.82, 2.24) is 9.62 Å². The molecule has 1 saturated heterocycles. The molecule has 0 atom stereocenters. The predicted octanol–water partition coefficient (Wildman–Crippen LogP) is -0.651. The van der Waals surface area contributed by atoms with Crippen molar-refractivity contribution in [3.05, 3.63) is 29.8 Å². The van der Waals surface area contributed by atoms with Gasteiger partial charge in [0.15, 0.2) is 0 Å². The number of carbonyl (C=O) groups excluding carboxylic acids is 2. The molecule has 8 nitrogen and oxygen atoms in total. The maximum atomic E-state index is 12.1. The lowest BCUT2D eigenvalue weighted by atomic mass is 10.1. The number of benzene rings is 1. The molecule has 1 fully saturated rings. The first kappa shape index (κ1) is 17.4. The Morgan fingerprint density at radius 3 is 2.65 bits per heavy atom. The highest BCUT2D eigenvalue weighted by atomic mass is 32.2. The Bertz CT molecular complexity index is 690. The molecule has 1 aromatic rings. The maximum Gasteiger partial charge on any atom is 0.253 e. The van der Waals surface area contributed by atoms with Crippen LogP contribution in [-0.2, 0) is 14.8 Å². The third-order valence-electron chi connectivity index (χ3n) is 3.40. The minimum absolute atomic E-state index is 0.0678. The SMILES string of the molecule is NCCNC(=O)c1ccccc1NC(=O)CN1CCCS1(=O)=O. The van der Waals surface area contributed by atoms with Crippen LogP contribution in [0, 0.1) is 0 Å². The van der Waals surface area contributed by atoms with Gasteiger partial charge in [-0.1, -0.05) is 12.1 Å². The van der Waals surface area contributed by atoms with Crippen molar-refractivity contribution < 1.29 is 18.0 Å². The molecule has 2 rings (SSSR count). The van der Waals surface area contributed by atoms with Crippen molar-refractivity contribution in [3.8, 4) is 0 Å². The summed E-state index contributed by atoms with van der Waals surface area (Å²) >= 11 is 0. The van der Waals surface area contributed by atoms with Crippen LogP contribution >= 0.6 is 0 Å². The molecule has 9 heteroatoms. The first-order valence-electron chi connectivity index (χ1n) is 7.29. The molecule has 23 heavy (non-hydrogen) atoms. The average molecular weight is 340 g/mol. The zero-order valence-corrected chi connectivity index (χ0v) is 13.4. The van der Waals surface area contributed by atoms with Crippen molar-refractivity contribution in [1.29, 1.82) is 0 Å². The molecular weight excluding hydrogens is 320 g/mol. The highest BCUT2D eigenvalue weighted by Gasteiger charge is 2.30. The quantitative estimate of drug-likeness (QED) is 0.635. The molecule has 0 bridgehead atoms. The number of nitrogens with zero attached hydrogens (tertiary/aromatic N) is 1. The second-order valence-corrected chi connectivity index (χ2v) is 7.23. The number of nitrogens with one attached hydrogen (secondary N) is 2. The first-order valence-corrected chi connectivity index (χ1v) is 8.90. The van der Waals surface area contributed by atoms with Gasteiger partial charge in [-0.3, -0.25) is 9.59 Å². The lowest BCUT2D eigenvalue weighted by molar-refractivity contribution is -0.116. The van der Waals surface area contributed by atoms with E-state index in [0.717, 1.165) is 4.31 Å². The van der Waals surface area contributed by atoms with Crippen molar-refractivity contribution in [2.75, 3.05) is 37.2 Å². The van der Waals surface area contributed by atoms with Gasteiger partial charge in [-0.05, 0) is 18.6 Å². The summed E-state index contributed by atoms with van der Waals surface area (Å²) in [6.45, 7) is 0.732. The van der Waals surface area contributed by atoms with Crippen molar-refractivity contribution in [2.24, 2.45) is 5.73 Å². The Labute approximate surface area is 135 Å². The van der Waals surface area contributed by atoms with Crippen molar-refractivity contribution in [3.63, 3.8) is 0 Å². The summed E-state index contributed by atoms with van der Waals surface area (Å²) in [5, 5.41) is 5.22. The normalized spacial score (nSPS) is 16.9. The Balaban J connectivity index is 2.05. The van der Waals surface area contributed by atoms with E-state index in [-0.39, 0.29) is 18.2 Å². The predicted molar refractivity (Wildman–Crippen MR) is 86.4 cm³/mol. The summed E-state index contributed by atoms with van der Waals surface area (Å²) in [7, 11) is -3.33. The standard InChI is InChI=1S/C14H20N4O4S/c15-6-7-16-14(20)11-4-1-2-5-12(11)17-13(19)10-18-8-3-9-23(18,21)22/h1-2,4-5H,3,6-10,15H2,(H,16,20)(H,17,19). The van der Waals surface area contributed by atoms with Gasteiger partial charge in [0.2, 0.25) is 15.9 Å². The molecule has 0 saturated carbocycles. The van der Waals surface area contributed by atoms with Gasteiger partial charge in [0.05, 0.1) is 23.5 Å². The number of nitrogens with two attached hydrogens (primary N) is 1. The summed E-state index contributed by atoms with van der Waals surface area (Å²) < 4.78 is 24.6. The van der Waals surface area contributed by atoms with Gasteiger partial charge < -0.3 is 16.4 Å². The molecule has 0 aromatic heterocycles. The van der Waals surface area contributed by atoms with Crippen LogP contribution < -0.4 is 16.4 Å². The van der Waals surface area contributed by atoms with Gasteiger partial charge >= 0.3 is 0 Å². The lowest BCUT2D eigenvalue weighted by Crippen LogP contribution is -2.35. The first-order chi connectivity index (χ1) is 10.9. The number of sulfonamides is 1. The zero-order chi connectivity index (χ0) is 16.9. The lowest BCUT2D eigenvalue weighted by Gasteiger charge is -2.15. The molecule has 0 radical (unpaired) electrons. The zero-order valence-electron chi connectivity index (χ0n) is 12.6. The number of amides is 2. The third kappa shape index (κ3) is 4.50. The van der Waals surface area contributed by atoms with E-state index in [9.17, 15) is 18.0 Å². The second-order valence-electron chi connectivity index (χ2n) is 5.14. The summed E-state index contributed by atoms with van der Waals surface area (Å²) in [6.07, 6.45) is 0.522. The summed E-state index contributed by atoms with van der Waals surface area (Å²) in [4.78, 5) is 24.1. The van der Waals surface area contributed by atoms with Crippen molar-refractivity contribution in [2.45, 2.75) is 6.42 Å². The number of para-hydroxylation sites is 1. The third-order valence-corrected chi connectivity index (χ3v) is 5.30. The fraction of sp³-hybridized carbons (Fsp3) is 0.429. The van der Waals surface area contributed by atoms with Crippen LogP contribution in [0.2, 0.25) is 0 Å². The van der Waals surface area contributed by atoms with E-state index < -0.39 is 15.9 Å². The van der Waals surface area contributed by atoms with E-state index in [0.29, 0.717) is 37.3 Å². The molecule has 1 aliphatic heterocycles. The minimum Gasteiger partial charge on any atom is -0.351 e. The average Bonchev–Trinajstić information content (AvgIpc) is 2.84. The number of rotatable bonds is 6. The smallest absolute Gasteiger partial charge is 0.253 e. The van der Waals surface area contributed by atoms with Crippen LogP contribution in [0.15, 0.2) is 24.3 Å². The van der Waals surface area contributed by atoms with Crippen molar-refractivity contribution >= 4 is 27.5 Å². The molecule has 0 aliphatic carbocycles. The van der Waals surface area contributed by atoms with E-state index in [2.05, 4.69) is 10.6 Å². The number of hydrogen-bond acceptors (Lipinski definition) is 5. The highest BCUT2D eigenvalue weighted by Crippen LogP contribution is 2.16.